The summed E-state index contributed by atoms with van der Waals surface area (Å²) in [5.74, 6) is 0. The van der Waals surface area contributed by atoms with Crippen LogP contribution in [-0.4, -0.2) is 51.6 Å². The lowest BCUT2D eigenvalue weighted by Gasteiger charge is -2.33. The Morgan fingerprint density at radius 3 is 2.64 bits per heavy atom. The van der Waals surface area contributed by atoms with Crippen LogP contribution in [0.3, 0.4) is 0 Å². The number of ether oxygens (including phenoxy) is 1. The zero-order chi connectivity index (χ0) is 9.35. The summed E-state index contributed by atoms with van der Waals surface area (Å²) in [4.78, 5) is 0. The third kappa shape index (κ3) is 1.88. The molecule has 1 aliphatic rings. The predicted octanol–water partition coefficient (Wildman–Crippen LogP) is -2.19. The molecule has 0 aromatic rings. The van der Waals surface area contributed by atoms with Crippen LogP contribution in [0, 0.1) is 0 Å². The second-order valence-electron chi connectivity index (χ2n) is 2.49. The van der Waals surface area contributed by atoms with E-state index in [4.69, 9.17) is 21.8 Å². The fourth-order valence-corrected chi connectivity index (χ4v) is 0.985. The van der Waals surface area contributed by atoms with Crippen LogP contribution in [0.1, 0.15) is 7.79 Å². The molecule has 1 heterocycles. The van der Waals surface area contributed by atoms with Gasteiger partial charge in [0.05, 0.1) is 14.1 Å². The van der Waals surface area contributed by atoms with Gasteiger partial charge in [-0.2, -0.15) is 0 Å². The van der Waals surface area contributed by atoms with Gasteiger partial charge in [-0.05, 0) is 0 Å². The first-order valence-electron chi connectivity index (χ1n) is 3.83. The predicted molar refractivity (Wildman–Crippen MR) is 34.6 cm³/mol. The summed E-state index contributed by atoms with van der Waals surface area (Å²) in [5, 5.41) is 35.9. The Bertz CT molecular complexity index is 162. The molecule has 0 aliphatic carbocycles. The summed E-state index contributed by atoms with van der Waals surface area (Å²) in [7, 11) is 0. The van der Waals surface area contributed by atoms with Crippen LogP contribution in [0.15, 0.2) is 0 Å². The van der Waals surface area contributed by atoms with E-state index >= 15 is 0 Å². The normalized spacial score (nSPS) is 53.8. The number of rotatable bonds is 1. The van der Waals surface area contributed by atoms with E-state index in [0.29, 0.717) is 0 Å². The summed E-state index contributed by atoms with van der Waals surface area (Å²) in [6, 6.07) is 0. The Hall–Kier alpha value is -0.200. The van der Waals surface area contributed by atoms with Crippen LogP contribution in [-0.2, 0) is 4.74 Å². The monoisotopic (exact) mass is 165 g/mol. The molecule has 0 amide bonds. The summed E-state index contributed by atoms with van der Waals surface area (Å²) in [5.41, 5.74) is 0. The van der Waals surface area contributed by atoms with Gasteiger partial charge in [-0.3, -0.25) is 0 Å². The van der Waals surface area contributed by atoms with Crippen molar-refractivity contribution in [3.63, 3.8) is 0 Å². The van der Waals surface area contributed by atoms with Crippen molar-refractivity contribution in [1.29, 1.82) is 0 Å². The third-order valence-electron chi connectivity index (χ3n) is 1.63. The maximum Gasteiger partial charge on any atom is 0.157 e. The lowest BCUT2D eigenvalue weighted by Crippen LogP contribution is -2.49. The molecule has 5 heteroatoms. The standard InChI is InChI=1S/C6H12O5/c7-2-4-6(10)3(8)1-5(9)11-4/h3-10H,1-2H2/t3-,4-,5-,6+/m1/s1/i5D. The van der Waals surface area contributed by atoms with Gasteiger partial charge in [0.25, 0.3) is 0 Å². The van der Waals surface area contributed by atoms with Gasteiger partial charge in [0.1, 0.15) is 12.2 Å². The fourth-order valence-electron chi connectivity index (χ4n) is 0.985. The summed E-state index contributed by atoms with van der Waals surface area (Å²) in [6.07, 6.45) is -6.19. The molecule has 0 aromatic heterocycles. The first-order chi connectivity index (χ1) is 5.46. The van der Waals surface area contributed by atoms with Crippen LogP contribution in [0.25, 0.3) is 0 Å². The number of aliphatic hydroxyl groups excluding tert-OH is 3. The van der Waals surface area contributed by atoms with E-state index in [1.165, 1.54) is 0 Å². The molecule has 1 rings (SSSR count). The van der Waals surface area contributed by atoms with Crippen molar-refractivity contribution in [1.82, 2.24) is 0 Å². The van der Waals surface area contributed by atoms with Crippen molar-refractivity contribution in [2.24, 2.45) is 0 Å². The first-order valence-corrected chi connectivity index (χ1v) is 3.33. The van der Waals surface area contributed by atoms with E-state index in [1.807, 2.05) is 0 Å². The van der Waals surface area contributed by atoms with Gasteiger partial charge in [-0.15, -0.1) is 0 Å². The largest absolute Gasteiger partial charge is 0.394 e. The Morgan fingerprint density at radius 1 is 1.45 bits per heavy atom. The summed E-state index contributed by atoms with van der Waals surface area (Å²) in [6.45, 7) is -0.542. The Morgan fingerprint density at radius 2 is 2.09 bits per heavy atom. The molecule has 0 radical (unpaired) electrons. The van der Waals surface area contributed by atoms with Crippen LogP contribution in [0.5, 0.6) is 0 Å². The van der Waals surface area contributed by atoms with Gasteiger partial charge in [0, 0.05) is 6.42 Å². The molecule has 4 N–H and O–H groups in total. The number of aliphatic hydroxyl groups is 4. The maximum atomic E-state index is 9.14. The molecule has 1 aliphatic heterocycles. The third-order valence-corrected chi connectivity index (χ3v) is 1.63. The summed E-state index contributed by atoms with van der Waals surface area (Å²) >= 11 is 0. The highest BCUT2D eigenvalue weighted by Gasteiger charge is 2.35. The van der Waals surface area contributed by atoms with Gasteiger partial charge in [-0.25, -0.2) is 0 Å². The molecule has 66 valence electrons. The fraction of sp³-hybridized carbons (Fsp3) is 1.00. The smallest absolute Gasteiger partial charge is 0.157 e. The van der Waals surface area contributed by atoms with Crippen molar-refractivity contribution in [2.75, 3.05) is 6.61 Å². The topological polar surface area (TPSA) is 90.2 Å². The Balaban J connectivity index is 2.65. The molecule has 0 saturated carbocycles. The molecule has 4 atom stereocenters. The molecule has 0 spiro atoms. The molecule has 0 bridgehead atoms. The highest BCUT2D eigenvalue weighted by Crippen LogP contribution is 2.18. The van der Waals surface area contributed by atoms with Crippen molar-refractivity contribution in [3.8, 4) is 0 Å². The van der Waals surface area contributed by atoms with E-state index in [9.17, 15) is 0 Å². The zero-order valence-corrected chi connectivity index (χ0v) is 5.84. The van der Waals surface area contributed by atoms with E-state index in [-0.39, 0.29) is 6.42 Å². The Labute approximate surface area is 65.3 Å². The quantitative estimate of drug-likeness (QED) is 0.354. The van der Waals surface area contributed by atoms with Gasteiger partial charge < -0.3 is 25.2 Å². The lowest BCUT2D eigenvalue weighted by atomic mass is 10.0. The van der Waals surface area contributed by atoms with Crippen LogP contribution in [0.2, 0.25) is 0 Å². The minimum atomic E-state index is -2.22. The summed E-state index contributed by atoms with van der Waals surface area (Å²) < 4.78 is 11.6. The number of hydrogen-bond acceptors (Lipinski definition) is 5. The van der Waals surface area contributed by atoms with Crippen molar-refractivity contribution >= 4 is 0 Å². The lowest BCUT2D eigenvalue weighted by molar-refractivity contribution is -0.239. The SMILES string of the molecule is [2H][C@]1(O)C[C@@H](O)[C@H](O)[C@@H](CO)O1. The second kappa shape index (κ2) is 3.46. The first kappa shape index (κ1) is 7.45. The van der Waals surface area contributed by atoms with Crippen molar-refractivity contribution < 1.29 is 26.5 Å². The highest BCUT2D eigenvalue weighted by molar-refractivity contribution is 4.81. The molecular weight excluding hydrogens is 152 g/mol. The van der Waals surface area contributed by atoms with Gasteiger partial charge in [0.15, 0.2) is 6.27 Å². The van der Waals surface area contributed by atoms with E-state index in [0.717, 1.165) is 0 Å². The van der Waals surface area contributed by atoms with Gasteiger partial charge in [-0.1, -0.05) is 0 Å². The Kier molecular flexibility index (Phi) is 2.35. The van der Waals surface area contributed by atoms with E-state index < -0.39 is 31.2 Å². The average molecular weight is 165 g/mol. The molecular formula is C6H12O5. The van der Waals surface area contributed by atoms with Gasteiger partial charge >= 0.3 is 0 Å². The molecule has 0 aromatic carbocycles. The maximum absolute atomic E-state index is 9.14. The molecule has 0 unspecified atom stereocenters. The molecule has 11 heavy (non-hydrogen) atoms. The van der Waals surface area contributed by atoms with E-state index in [1.54, 1.807) is 0 Å². The highest BCUT2D eigenvalue weighted by atomic mass is 16.6. The minimum absolute atomic E-state index is 0.384. The molecule has 1 saturated heterocycles. The number of hydrogen-bond donors (Lipinski definition) is 4. The zero-order valence-electron chi connectivity index (χ0n) is 6.84. The van der Waals surface area contributed by atoms with Crippen LogP contribution < -0.4 is 0 Å². The second-order valence-corrected chi connectivity index (χ2v) is 2.49. The molecule has 1 fully saturated rings. The van der Waals surface area contributed by atoms with Crippen molar-refractivity contribution in [2.45, 2.75) is 31.0 Å². The van der Waals surface area contributed by atoms with Gasteiger partial charge in [0.2, 0.25) is 0 Å². The van der Waals surface area contributed by atoms with Crippen LogP contribution in [0.4, 0.5) is 0 Å². The van der Waals surface area contributed by atoms with Crippen LogP contribution >= 0.6 is 0 Å². The van der Waals surface area contributed by atoms with E-state index in [2.05, 4.69) is 4.74 Å². The minimum Gasteiger partial charge on any atom is -0.394 e. The molecule has 5 nitrogen and oxygen atoms in total. The average Bonchev–Trinajstić information content (AvgIpc) is 1.96. The van der Waals surface area contributed by atoms with Crippen molar-refractivity contribution in [3.05, 3.63) is 0 Å².